The number of carboxylic acids is 1. The zero-order chi connectivity index (χ0) is 16.0. The first-order chi connectivity index (χ1) is 9.79. The molecule has 0 aromatic heterocycles. The van der Waals surface area contributed by atoms with Gasteiger partial charge in [-0.25, -0.2) is 4.79 Å². The van der Waals surface area contributed by atoms with Crippen LogP contribution in [0.5, 0.6) is 5.75 Å². The standard InChI is InChI=1S/C15H20ClNO4/c1-9(2)6-13(15(19)20)17-14(18)8-21-11-4-5-12(16)10(3)7-11/h4-5,7,9,13H,6,8H2,1-3H3,(H,17,18)(H,19,20). The number of aryl methyl sites for hydroxylation is 1. The minimum atomic E-state index is -1.04. The van der Waals surface area contributed by atoms with Gasteiger partial charge in [-0.15, -0.1) is 0 Å². The number of hydrogen-bond acceptors (Lipinski definition) is 3. The first-order valence-corrected chi connectivity index (χ1v) is 7.08. The topological polar surface area (TPSA) is 75.6 Å². The fraction of sp³-hybridized carbons (Fsp3) is 0.467. The summed E-state index contributed by atoms with van der Waals surface area (Å²) in [4.78, 5) is 22.8. The molecule has 2 N–H and O–H groups in total. The van der Waals surface area contributed by atoms with E-state index in [0.717, 1.165) is 5.56 Å². The molecule has 0 spiro atoms. The number of ether oxygens (including phenoxy) is 1. The molecular weight excluding hydrogens is 294 g/mol. The van der Waals surface area contributed by atoms with Crippen LogP contribution < -0.4 is 10.1 Å². The molecule has 0 saturated carbocycles. The highest BCUT2D eigenvalue weighted by Crippen LogP contribution is 2.20. The SMILES string of the molecule is Cc1cc(OCC(=O)NC(CC(C)C)C(=O)O)ccc1Cl. The summed E-state index contributed by atoms with van der Waals surface area (Å²) < 4.78 is 5.33. The van der Waals surface area contributed by atoms with Gasteiger partial charge < -0.3 is 15.2 Å². The molecule has 1 aromatic rings. The third-order valence-electron chi connectivity index (χ3n) is 2.84. The second-order valence-corrected chi connectivity index (χ2v) is 5.69. The van der Waals surface area contributed by atoms with Gasteiger partial charge in [0.1, 0.15) is 11.8 Å². The van der Waals surface area contributed by atoms with E-state index in [1.165, 1.54) is 0 Å². The van der Waals surface area contributed by atoms with Gasteiger partial charge in [-0.3, -0.25) is 4.79 Å². The average Bonchev–Trinajstić information content (AvgIpc) is 2.38. The van der Waals surface area contributed by atoms with Crippen molar-refractivity contribution in [3.63, 3.8) is 0 Å². The van der Waals surface area contributed by atoms with Gasteiger partial charge in [0.15, 0.2) is 6.61 Å². The van der Waals surface area contributed by atoms with Gasteiger partial charge in [0.25, 0.3) is 5.91 Å². The Bertz CT molecular complexity index is 516. The van der Waals surface area contributed by atoms with E-state index < -0.39 is 17.9 Å². The number of carbonyl (C=O) groups excluding carboxylic acids is 1. The molecule has 0 aliphatic heterocycles. The van der Waals surface area contributed by atoms with Crippen molar-refractivity contribution < 1.29 is 19.4 Å². The number of carboxylic acid groups (broad SMARTS) is 1. The molecule has 1 rings (SSSR count). The lowest BCUT2D eigenvalue weighted by Gasteiger charge is -2.16. The smallest absolute Gasteiger partial charge is 0.326 e. The van der Waals surface area contributed by atoms with Gasteiger partial charge in [-0.2, -0.15) is 0 Å². The Kier molecular flexibility index (Phi) is 6.49. The number of amides is 1. The first kappa shape index (κ1) is 17.3. The van der Waals surface area contributed by atoms with E-state index in [-0.39, 0.29) is 12.5 Å². The molecule has 1 unspecified atom stereocenters. The monoisotopic (exact) mass is 313 g/mol. The minimum Gasteiger partial charge on any atom is -0.484 e. The molecule has 0 aliphatic carbocycles. The van der Waals surface area contributed by atoms with Crippen LogP contribution in [0.25, 0.3) is 0 Å². The maximum atomic E-state index is 11.7. The van der Waals surface area contributed by atoms with Gasteiger partial charge in [-0.1, -0.05) is 25.4 Å². The van der Waals surface area contributed by atoms with Crippen LogP contribution in [0.2, 0.25) is 5.02 Å². The fourth-order valence-electron chi connectivity index (χ4n) is 1.78. The van der Waals surface area contributed by atoms with E-state index in [4.69, 9.17) is 21.4 Å². The van der Waals surface area contributed by atoms with Crippen molar-refractivity contribution >= 4 is 23.5 Å². The van der Waals surface area contributed by atoms with Crippen LogP contribution in [-0.4, -0.2) is 29.6 Å². The van der Waals surface area contributed by atoms with Gasteiger partial charge in [0, 0.05) is 5.02 Å². The van der Waals surface area contributed by atoms with Crippen LogP contribution in [0.15, 0.2) is 18.2 Å². The van der Waals surface area contributed by atoms with E-state index >= 15 is 0 Å². The molecule has 1 atom stereocenters. The third kappa shape index (κ3) is 6.04. The number of aliphatic carboxylic acids is 1. The molecule has 1 amide bonds. The number of nitrogens with one attached hydrogen (secondary N) is 1. The highest BCUT2D eigenvalue weighted by Gasteiger charge is 2.21. The number of halogens is 1. The van der Waals surface area contributed by atoms with Crippen molar-refractivity contribution in [3.05, 3.63) is 28.8 Å². The number of carbonyl (C=O) groups is 2. The Labute approximate surface area is 129 Å². The van der Waals surface area contributed by atoms with E-state index in [1.807, 2.05) is 20.8 Å². The van der Waals surface area contributed by atoms with Gasteiger partial charge in [0.05, 0.1) is 0 Å². The predicted octanol–water partition coefficient (Wildman–Crippen LogP) is 2.64. The van der Waals surface area contributed by atoms with E-state index in [9.17, 15) is 9.59 Å². The van der Waals surface area contributed by atoms with Gasteiger partial charge in [0.2, 0.25) is 0 Å². The van der Waals surface area contributed by atoms with Gasteiger partial charge >= 0.3 is 5.97 Å². The van der Waals surface area contributed by atoms with Crippen LogP contribution in [0.3, 0.4) is 0 Å². The summed E-state index contributed by atoms with van der Waals surface area (Å²) in [6.45, 7) is 5.39. The quantitative estimate of drug-likeness (QED) is 0.811. The molecule has 0 saturated heterocycles. The zero-order valence-electron chi connectivity index (χ0n) is 12.4. The molecule has 0 fully saturated rings. The fourth-order valence-corrected chi connectivity index (χ4v) is 1.90. The number of rotatable bonds is 7. The summed E-state index contributed by atoms with van der Waals surface area (Å²) in [6, 6.07) is 4.17. The van der Waals surface area contributed by atoms with Crippen molar-refractivity contribution in [3.8, 4) is 5.75 Å². The largest absolute Gasteiger partial charge is 0.484 e. The van der Waals surface area contributed by atoms with E-state index in [0.29, 0.717) is 17.2 Å². The molecule has 21 heavy (non-hydrogen) atoms. The van der Waals surface area contributed by atoms with E-state index in [2.05, 4.69) is 5.32 Å². The number of hydrogen-bond donors (Lipinski definition) is 2. The first-order valence-electron chi connectivity index (χ1n) is 6.70. The highest BCUT2D eigenvalue weighted by molar-refractivity contribution is 6.31. The molecule has 0 bridgehead atoms. The zero-order valence-corrected chi connectivity index (χ0v) is 13.1. The van der Waals surface area contributed by atoms with Crippen molar-refractivity contribution in [1.82, 2.24) is 5.32 Å². The van der Waals surface area contributed by atoms with Crippen LogP contribution in [0, 0.1) is 12.8 Å². The molecule has 6 heteroatoms. The molecule has 1 aromatic carbocycles. The lowest BCUT2D eigenvalue weighted by atomic mass is 10.0. The number of benzene rings is 1. The van der Waals surface area contributed by atoms with Gasteiger partial charge in [-0.05, 0) is 43.0 Å². The summed E-state index contributed by atoms with van der Waals surface area (Å²) in [5, 5.41) is 12.1. The normalized spacial score (nSPS) is 12.0. The summed E-state index contributed by atoms with van der Waals surface area (Å²) in [7, 11) is 0. The Morgan fingerprint density at radius 1 is 1.38 bits per heavy atom. The lowest BCUT2D eigenvalue weighted by molar-refractivity contribution is -0.142. The van der Waals surface area contributed by atoms with Crippen molar-refractivity contribution in [2.45, 2.75) is 33.2 Å². The van der Waals surface area contributed by atoms with Crippen molar-refractivity contribution in [1.29, 1.82) is 0 Å². The highest BCUT2D eigenvalue weighted by atomic mass is 35.5. The maximum Gasteiger partial charge on any atom is 0.326 e. The molecule has 0 heterocycles. The van der Waals surface area contributed by atoms with Crippen LogP contribution in [0.1, 0.15) is 25.8 Å². The Morgan fingerprint density at radius 3 is 2.57 bits per heavy atom. The molecular formula is C15H20ClNO4. The minimum absolute atomic E-state index is 0.172. The molecule has 116 valence electrons. The summed E-state index contributed by atoms with van der Waals surface area (Å²) >= 11 is 5.90. The summed E-state index contributed by atoms with van der Waals surface area (Å²) in [6.07, 6.45) is 0.376. The predicted molar refractivity (Wildman–Crippen MR) is 80.7 cm³/mol. The molecule has 0 aliphatic rings. The Morgan fingerprint density at radius 2 is 2.05 bits per heavy atom. The Balaban J connectivity index is 2.52. The van der Waals surface area contributed by atoms with Crippen LogP contribution in [-0.2, 0) is 9.59 Å². The summed E-state index contributed by atoms with van der Waals surface area (Å²) in [5.74, 6) is -0.816. The molecule has 5 nitrogen and oxygen atoms in total. The van der Waals surface area contributed by atoms with Crippen molar-refractivity contribution in [2.75, 3.05) is 6.61 Å². The second-order valence-electron chi connectivity index (χ2n) is 5.29. The lowest BCUT2D eigenvalue weighted by Crippen LogP contribution is -2.43. The average molecular weight is 314 g/mol. The maximum absolute atomic E-state index is 11.7. The van der Waals surface area contributed by atoms with Crippen molar-refractivity contribution in [2.24, 2.45) is 5.92 Å². The molecule has 0 radical (unpaired) electrons. The third-order valence-corrected chi connectivity index (χ3v) is 3.26. The Hall–Kier alpha value is -1.75. The van der Waals surface area contributed by atoms with E-state index in [1.54, 1.807) is 18.2 Å². The van der Waals surface area contributed by atoms with Crippen LogP contribution >= 0.6 is 11.6 Å². The van der Waals surface area contributed by atoms with Crippen LogP contribution in [0.4, 0.5) is 0 Å². The second kappa shape index (κ2) is 7.88. The summed E-state index contributed by atoms with van der Waals surface area (Å²) in [5.41, 5.74) is 0.845.